The van der Waals surface area contributed by atoms with Crippen molar-refractivity contribution in [2.24, 2.45) is 15.8 Å². The van der Waals surface area contributed by atoms with Gasteiger partial charge in [-0.05, 0) is 37.5 Å². The first-order chi connectivity index (χ1) is 13.4. The summed E-state index contributed by atoms with van der Waals surface area (Å²) in [6.07, 6.45) is 2.88. The Morgan fingerprint density at radius 1 is 1.07 bits per heavy atom. The summed E-state index contributed by atoms with van der Waals surface area (Å²) in [6, 6.07) is -0.0123. The predicted molar refractivity (Wildman–Crippen MR) is 112 cm³/mol. The molecule has 1 aromatic rings. The maximum absolute atomic E-state index is 12.8. The van der Waals surface area contributed by atoms with E-state index in [1.54, 1.807) is 0 Å². The highest BCUT2D eigenvalue weighted by molar-refractivity contribution is 6.23. The molecule has 0 saturated carbocycles. The summed E-state index contributed by atoms with van der Waals surface area (Å²) < 4.78 is 5.48. The van der Waals surface area contributed by atoms with Crippen LogP contribution in [0.4, 0.5) is 0 Å². The highest BCUT2D eigenvalue weighted by Gasteiger charge is 2.37. The lowest BCUT2D eigenvalue weighted by Gasteiger charge is -2.30. The number of allylic oxidation sites excluding steroid dienone is 2. The zero-order valence-electron chi connectivity index (χ0n) is 18.4. The van der Waals surface area contributed by atoms with Crippen LogP contribution in [0.5, 0.6) is 0 Å². The zero-order chi connectivity index (χ0) is 21.6. The fourth-order valence-corrected chi connectivity index (χ4v) is 4.41. The molecule has 2 aliphatic rings. The third kappa shape index (κ3) is 4.68. The van der Waals surface area contributed by atoms with E-state index in [2.05, 4.69) is 24.0 Å². The topological polar surface area (TPSA) is 92.8 Å². The Morgan fingerprint density at radius 2 is 1.69 bits per heavy atom. The summed E-state index contributed by atoms with van der Waals surface area (Å²) in [5.41, 5.74) is 1.80. The Hall–Kier alpha value is -2.24. The van der Waals surface area contributed by atoms with Gasteiger partial charge < -0.3 is 9.63 Å². The standard InChI is InChI=1S/C23H32N2O4/c1-13(2)24-14(20-16(26)9-22(3,4)10-17(20)27)7-8-15-21-18(28)11-23(5,6)12-19(21)29-25-15/h13,26H,7-12H2,1-6H3. The number of rotatable bonds is 5. The number of hydrogen-bond donors (Lipinski definition) is 1. The molecule has 3 rings (SSSR count). The van der Waals surface area contributed by atoms with Crippen LogP contribution in [0.3, 0.4) is 0 Å². The molecule has 0 aromatic carbocycles. The van der Waals surface area contributed by atoms with E-state index < -0.39 is 0 Å². The van der Waals surface area contributed by atoms with Gasteiger partial charge >= 0.3 is 0 Å². The Balaban J connectivity index is 1.87. The van der Waals surface area contributed by atoms with Crippen LogP contribution in [-0.2, 0) is 17.6 Å². The molecule has 0 bridgehead atoms. The van der Waals surface area contributed by atoms with Gasteiger partial charge in [-0.25, -0.2) is 0 Å². The zero-order valence-corrected chi connectivity index (χ0v) is 18.4. The summed E-state index contributed by atoms with van der Waals surface area (Å²) in [6.45, 7) is 11.9. The van der Waals surface area contributed by atoms with E-state index in [0.29, 0.717) is 66.8 Å². The van der Waals surface area contributed by atoms with E-state index in [1.165, 1.54) is 0 Å². The predicted octanol–water partition coefficient (Wildman–Crippen LogP) is 4.81. The number of aliphatic hydroxyl groups excluding tert-OH is 1. The lowest BCUT2D eigenvalue weighted by molar-refractivity contribution is -0.118. The maximum atomic E-state index is 12.8. The van der Waals surface area contributed by atoms with Crippen LogP contribution in [0, 0.1) is 10.8 Å². The quantitative estimate of drug-likeness (QED) is 0.716. The van der Waals surface area contributed by atoms with E-state index in [9.17, 15) is 14.7 Å². The van der Waals surface area contributed by atoms with Crippen molar-refractivity contribution in [1.82, 2.24) is 5.16 Å². The van der Waals surface area contributed by atoms with Gasteiger partial charge in [0.25, 0.3) is 0 Å². The second-order valence-corrected chi connectivity index (χ2v) is 10.3. The molecule has 0 fully saturated rings. The van der Waals surface area contributed by atoms with E-state index >= 15 is 0 Å². The number of hydrogen-bond acceptors (Lipinski definition) is 6. The van der Waals surface area contributed by atoms with Gasteiger partial charge in [-0.1, -0.05) is 32.9 Å². The van der Waals surface area contributed by atoms with E-state index in [1.807, 2.05) is 27.7 Å². The Kier molecular flexibility index (Phi) is 5.58. The third-order valence-corrected chi connectivity index (χ3v) is 5.54. The molecule has 6 heteroatoms. The number of aromatic nitrogens is 1. The molecule has 1 aromatic heterocycles. The molecule has 6 nitrogen and oxygen atoms in total. The van der Waals surface area contributed by atoms with Crippen molar-refractivity contribution in [2.45, 2.75) is 86.1 Å². The summed E-state index contributed by atoms with van der Waals surface area (Å²) in [7, 11) is 0. The number of aryl methyl sites for hydroxylation is 1. The van der Waals surface area contributed by atoms with Crippen LogP contribution < -0.4 is 0 Å². The second-order valence-electron chi connectivity index (χ2n) is 10.3. The van der Waals surface area contributed by atoms with Crippen molar-refractivity contribution < 1.29 is 19.2 Å². The van der Waals surface area contributed by atoms with E-state index in [0.717, 1.165) is 0 Å². The summed E-state index contributed by atoms with van der Waals surface area (Å²) in [5, 5.41) is 14.8. The van der Waals surface area contributed by atoms with Crippen molar-refractivity contribution in [1.29, 1.82) is 0 Å². The van der Waals surface area contributed by atoms with Crippen LogP contribution in [0.1, 0.15) is 89.0 Å². The number of Topliss-reactive ketones (excluding diaryl/α,β-unsaturated/α-hetero) is 2. The van der Waals surface area contributed by atoms with Gasteiger partial charge in [0.2, 0.25) is 0 Å². The summed E-state index contributed by atoms with van der Waals surface area (Å²) >= 11 is 0. The lowest BCUT2D eigenvalue weighted by Crippen LogP contribution is -2.30. The molecule has 0 aliphatic heterocycles. The minimum Gasteiger partial charge on any atom is -0.511 e. The molecule has 1 N–H and O–H groups in total. The normalized spacial score (nSPS) is 21.7. The number of nitrogens with zero attached hydrogens (tertiary/aromatic N) is 2. The van der Waals surface area contributed by atoms with Gasteiger partial charge in [-0.3, -0.25) is 14.6 Å². The van der Waals surface area contributed by atoms with Crippen molar-refractivity contribution in [3.8, 4) is 0 Å². The van der Waals surface area contributed by atoms with Crippen LogP contribution >= 0.6 is 0 Å². The number of carbonyl (C=O) groups is 2. The number of aliphatic hydroxyl groups is 1. The highest BCUT2D eigenvalue weighted by atomic mass is 16.5. The maximum Gasteiger partial charge on any atom is 0.168 e. The van der Waals surface area contributed by atoms with Gasteiger partial charge in [0.1, 0.15) is 11.5 Å². The number of ketones is 2. The first kappa shape index (κ1) is 21.5. The van der Waals surface area contributed by atoms with Crippen LogP contribution in [0.2, 0.25) is 0 Å². The molecule has 0 atom stereocenters. The fourth-order valence-electron chi connectivity index (χ4n) is 4.41. The third-order valence-electron chi connectivity index (χ3n) is 5.54. The van der Waals surface area contributed by atoms with Crippen molar-refractivity contribution in [3.05, 3.63) is 28.3 Å². The van der Waals surface area contributed by atoms with Crippen LogP contribution in [0.15, 0.2) is 20.8 Å². The first-order valence-electron chi connectivity index (χ1n) is 10.4. The van der Waals surface area contributed by atoms with Gasteiger partial charge in [-0.2, -0.15) is 0 Å². The van der Waals surface area contributed by atoms with Gasteiger partial charge in [0.05, 0.1) is 16.8 Å². The molecule has 0 unspecified atom stereocenters. The second kappa shape index (κ2) is 7.54. The monoisotopic (exact) mass is 400 g/mol. The number of aliphatic imine (C=N–C) groups is 1. The number of carbonyl (C=O) groups excluding carboxylic acids is 2. The molecule has 158 valence electrons. The number of fused-ring (bicyclic) bond motifs is 1. The van der Waals surface area contributed by atoms with Crippen LogP contribution in [-0.4, -0.2) is 33.6 Å². The Bertz CT molecular complexity index is 900. The van der Waals surface area contributed by atoms with Crippen molar-refractivity contribution in [2.75, 3.05) is 0 Å². The summed E-state index contributed by atoms with van der Waals surface area (Å²) in [4.78, 5) is 30.1. The molecule has 2 aliphatic carbocycles. The van der Waals surface area contributed by atoms with E-state index in [4.69, 9.17) is 4.52 Å². The van der Waals surface area contributed by atoms with Crippen molar-refractivity contribution in [3.63, 3.8) is 0 Å². The minimum absolute atomic E-state index is 0.0123. The summed E-state index contributed by atoms with van der Waals surface area (Å²) in [5.74, 6) is 0.761. The van der Waals surface area contributed by atoms with Crippen molar-refractivity contribution >= 4 is 17.3 Å². The average Bonchev–Trinajstić information content (AvgIpc) is 2.91. The Labute approximate surface area is 172 Å². The highest BCUT2D eigenvalue weighted by Crippen LogP contribution is 2.38. The fraction of sp³-hybridized carbons (Fsp3) is 0.652. The molecule has 29 heavy (non-hydrogen) atoms. The molecule has 1 heterocycles. The average molecular weight is 401 g/mol. The lowest BCUT2D eigenvalue weighted by atomic mass is 9.74. The van der Waals surface area contributed by atoms with Gasteiger partial charge in [-0.15, -0.1) is 0 Å². The molecular formula is C23H32N2O4. The van der Waals surface area contributed by atoms with Gasteiger partial charge in [0.15, 0.2) is 11.6 Å². The molecule has 0 spiro atoms. The SMILES string of the molecule is CC(C)N=C(CCc1noc2c1C(=O)CC(C)(C)C2)C1=C(O)CC(C)(C)CC1=O. The minimum atomic E-state index is -0.252. The van der Waals surface area contributed by atoms with E-state index in [-0.39, 0.29) is 34.2 Å². The molecule has 0 radical (unpaired) electrons. The first-order valence-corrected chi connectivity index (χ1v) is 10.4. The Morgan fingerprint density at radius 3 is 2.31 bits per heavy atom. The molecular weight excluding hydrogens is 368 g/mol. The smallest absolute Gasteiger partial charge is 0.168 e. The molecule has 0 amide bonds. The largest absolute Gasteiger partial charge is 0.511 e. The molecule has 0 saturated heterocycles. The van der Waals surface area contributed by atoms with Gasteiger partial charge in [0, 0.05) is 37.4 Å². The van der Waals surface area contributed by atoms with Crippen LogP contribution in [0.25, 0.3) is 0 Å².